The summed E-state index contributed by atoms with van der Waals surface area (Å²) in [4.78, 5) is 12.1. The second-order valence-electron chi connectivity index (χ2n) is 3.43. The van der Waals surface area contributed by atoms with E-state index in [1.54, 1.807) is 18.2 Å². The Kier molecular flexibility index (Phi) is 3.33. The maximum atomic E-state index is 12.1. The number of rotatable bonds is 2. The molecule has 1 aromatic heterocycles. The highest BCUT2D eigenvalue weighted by molar-refractivity contribution is 7.08. The maximum Gasteiger partial charge on any atom is 0.194 e. The van der Waals surface area contributed by atoms with Crippen molar-refractivity contribution < 1.29 is 4.79 Å². The van der Waals surface area contributed by atoms with Crippen LogP contribution in [0.2, 0.25) is 10.0 Å². The molecule has 0 atom stereocenters. The van der Waals surface area contributed by atoms with Crippen molar-refractivity contribution in [2.24, 2.45) is 0 Å². The Labute approximate surface area is 108 Å². The van der Waals surface area contributed by atoms with Crippen molar-refractivity contribution in [1.29, 1.82) is 0 Å². The van der Waals surface area contributed by atoms with Crippen LogP contribution in [0, 0.1) is 6.92 Å². The first-order valence-electron chi connectivity index (χ1n) is 4.62. The highest BCUT2D eigenvalue weighted by Gasteiger charge is 2.13. The number of aryl methyl sites for hydroxylation is 1. The highest BCUT2D eigenvalue weighted by atomic mass is 35.5. The van der Waals surface area contributed by atoms with Crippen LogP contribution in [0.25, 0.3) is 0 Å². The molecule has 0 amide bonds. The third-order valence-electron chi connectivity index (χ3n) is 2.28. The minimum Gasteiger partial charge on any atom is -0.289 e. The molecule has 0 aliphatic heterocycles. The van der Waals surface area contributed by atoms with Crippen LogP contribution in [0.1, 0.15) is 21.5 Å². The Balaban J connectivity index is 2.42. The van der Waals surface area contributed by atoms with Gasteiger partial charge in [-0.3, -0.25) is 4.79 Å². The van der Waals surface area contributed by atoms with E-state index in [2.05, 4.69) is 0 Å². The molecule has 1 heterocycles. The van der Waals surface area contributed by atoms with Crippen LogP contribution in [0.4, 0.5) is 0 Å². The molecule has 0 saturated heterocycles. The minimum absolute atomic E-state index is 0.0164. The molecule has 1 nitrogen and oxygen atoms in total. The summed E-state index contributed by atoms with van der Waals surface area (Å²) < 4.78 is 0. The van der Waals surface area contributed by atoms with Crippen molar-refractivity contribution in [3.05, 3.63) is 55.7 Å². The summed E-state index contributed by atoms with van der Waals surface area (Å²) in [6.07, 6.45) is 0. The van der Waals surface area contributed by atoms with Gasteiger partial charge < -0.3 is 0 Å². The van der Waals surface area contributed by atoms with Gasteiger partial charge >= 0.3 is 0 Å². The molecule has 0 aliphatic carbocycles. The number of benzene rings is 1. The lowest BCUT2D eigenvalue weighted by molar-refractivity contribution is 0.103. The Bertz CT molecular complexity index is 546. The second kappa shape index (κ2) is 4.58. The molecule has 0 unspecified atom stereocenters. The van der Waals surface area contributed by atoms with E-state index in [-0.39, 0.29) is 5.78 Å². The van der Waals surface area contributed by atoms with E-state index < -0.39 is 0 Å². The zero-order valence-corrected chi connectivity index (χ0v) is 10.8. The molecule has 4 heteroatoms. The minimum atomic E-state index is -0.0164. The number of carbonyl (C=O) groups excluding carboxylic acids is 1. The molecular weight excluding hydrogens is 263 g/mol. The summed E-state index contributed by atoms with van der Waals surface area (Å²) in [5.74, 6) is -0.0164. The molecule has 0 bridgehead atoms. The Hall–Kier alpha value is -0.830. The Morgan fingerprint density at radius 2 is 1.94 bits per heavy atom. The average Bonchev–Trinajstić information content (AvgIpc) is 2.67. The summed E-state index contributed by atoms with van der Waals surface area (Å²) in [6.45, 7) is 1.92. The summed E-state index contributed by atoms with van der Waals surface area (Å²) in [5, 5.41) is 4.66. The SMILES string of the molecule is Cc1cscc1C(=O)c1ccc(Cl)c(Cl)c1. The first-order chi connectivity index (χ1) is 7.59. The van der Waals surface area contributed by atoms with Gasteiger partial charge in [0.2, 0.25) is 0 Å². The van der Waals surface area contributed by atoms with Crippen LogP contribution in [-0.2, 0) is 0 Å². The molecule has 0 aliphatic rings. The van der Waals surface area contributed by atoms with E-state index in [4.69, 9.17) is 23.2 Å². The lowest BCUT2D eigenvalue weighted by atomic mass is 10.0. The predicted octanol–water partition coefficient (Wildman–Crippen LogP) is 4.59. The molecule has 16 heavy (non-hydrogen) atoms. The van der Waals surface area contributed by atoms with Crippen LogP contribution in [-0.4, -0.2) is 5.78 Å². The van der Waals surface area contributed by atoms with Crippen molar-refractivity contribution in [3.63, 3.8) is 0 Å². The second-order valence-corrected chi connectivity index (χ2v) is 4.98. The summed E-state index contributed by atoms with van der Waals surface area (Å²) in [6, 6.07) is 4.93. The maximum absolute atomic E-state index is 12.1. The van der Waals surface area contributed by atoms with Crippen molar-refractivity contribution >= 4 is 40.3 Å². The highest BCUT2D eigenvalue weighted by Crippen LogP contribution is 2.25. The fraction of sp³-hybridized carbons (Fsp3) is 0.0833. The quantitative estimate of drug-likeness (QED) is 0.730. The topological polar surface area (TPSA) is 17.1 Å². The average molecular weight is 271 g/mol. The molecular formula is C12H8Cl2OS. The van der Waals surface area contributed by atoms with Crippen molar-refractivity contribution in [1.82, 2.24) is 0 Å². The Morgan fingerprint density at radius 1 is 1.19 bits per heavy atom. The molecule has 2 aromatic rings. The predicted molar refractivity (Wildman–Crippen MR) is 69.0 cm³/mol. The van der Waals surface area contributed by atoms with Gasteiger partial charge in [0.25, 0.3) is 0 Å². The number of halogens is 2. The largest absolute Gasteiger partial charge is 0.289 e. The molecule has 0 spiro atoms. The number of carbonyl (C=O) groups is 1. The fourth-order valence-electron chi connectivity index (χ4n) is 1.39. The molecule has 82 valence electrons. The third kappa shape index (κ3) is 2.14. The molecule has 1 aromatic carbocycles. The van der Waals surface area contributed by atoms with Crippen molar-refractivity contribution in [2.45, 2.75) is 6.92 Å². The molecule has 0 saturated carbocycles. The first kappa shape index (κ1) is 11.6. The van der Waals surface area contributed by atoms with Gasteiger partial charge in [0, 0.05) is 16.5 Å². The molecule has 0 radical (unpaired) electrons. The molecule has 0 fully saturated rings. The van der Waals surface area contributed by atoms with Gasteiger partial charge in [-0.15, -0.1) is 0 Å². The van der Waals surface area contributed by atoms with Gasteiger partial charge in [0.15, 0.2) is 5.78 Å². The zero-order chi connectivity index (χ0) is 11.7. The van der Waals surface area contributed by atoms with Gasteiger partial charge in [-0.1, -0.05) is 23.2 Å². The smallest absolute Gasteiger partial charge is 0.194 e. The van der Waals surface area contributed by atoms with E-state index in [0.717, 1.165) is 11.1 Å². The van der Waals surface area contributed by atoms with Crippen LogP contribution in [0.3, 0.4) is 0 Å². The van der Waals surface area contributed by atoms with E-state index in [1.165, 1.54) is 11.3 Å². The molecule has 2 rings (SSSR count). The normalized spacial score (nSPS) is 10.4. The van der Waals surface area contributed by atoms with Gasteiger partial charge in [0.1, 0.15) is 0 Å². The van der Waals surface area contributed by atoms with Crippen molar-refractivity contribution in [3.8, 4) is 0 Å². The van der Waals surface area contributed by atoms with Crippen LogP contribution < -0.4 is 0 Å². The monoisotopic (exact) mass is 270 g/mol. The van der Waals surface area contributed by atoms with Crippen LogP contribution in [0.5, 0.6) is 0 Å². The fourth-order valence-corrected chi connectivity index (χ4v) is 2.51. The van der Waals surface area contributed by atoms with Gasteiger partial charge in [-0.2, -0.15) is 11.3 Å². The first-order valence-corrected chi connectivity index (χ1v) is 6.32. The van der Waals surface area contributed by atoms with Gasteiger partial charge in [0.05, 0.1) is 10.0 Å². The summed E-state index contributed by atoms with van der Waals surface area (Å²) in [7, 11) is 0. The van der Waals surface area contributed by atoms with Gasteiger partial charge in [-0.25, -0.2) is 0 Å². The van der Waals surface area contributed by atoms with Crippen LogP contribution >= 0.6 is 34.5 Å². The van der Waals surface area contributed by atoms with E-state index in [1.807, 2.05) is 17.7 Å². The van der Waals surface area contributed by atoms with E-state index >= 15 is 0 Å². The Morgan fingerprint density at radius 3 is 2.50 bits per heavy atom. The lowest BCUT2D eigenvalue weighted by Crippen LogP contribution is -2.01. The number of thiophene rings is 1. The number of hydrogen-bond donors (Lipinski definition) is 0. The summed E-state index contributed by atoms with van der Waals surface area (Å²) >= 11 is 13.2. The van der Waals surface area contributed by atoms with E-state index in [0.29, 0.717) is 15.6 Å². The van der Waals surface area contributed by atoms with E-state index in [9.17, 15) is 4.79 Å². The zero-order valence-electron chi connectivity index (χ0n) is 8.46. The third-order valence-corrected chi connectivity index (χ3v) is 3.88. The number of ketones is 1. The molecule has 0 N–H and O–H groups in total. The number of hydrogen-bond acceptors (Lipinski definition) is 2. The van der Waals surface area contributed by atoms with Crippen molar-refractivity contribution in [2.75, 3.05) is 0 Å². The summed E-state index contributed by atoms with van der Waals surface area (Å²) in [5.41, 5.74) is 2.28. The van der Waals surface area contributed by atoms with Gasteiger partial charge in [-0.05, 0) is 36.1 Å². The standard InChI is InChI=1S/C12H8Cl2OS/c1-7-5-16-6-9(7)12(15)8-2-3-10(13)11(14)4-8/h2-6H,1H3. The van der Waals surface area contributed by atoms with Crippen LogP contribution in [0.15, 0.2) is 29.0 Å². The lowest BCUT2D eigenvalue weighted by Gasteiger charge is -2.02.